The van der Waals surface area contributed by atoms with E-state index in [-0.39, 0.29) is 5.56 Å². The molecule has 3 nitrogen and oxygen atoms in total. The zero-order valence-electron chi connectivity index (χ0n) is 9.80. The molecular weight excluding hydrogens is 245 g/mol. The Kier molecular flexibility index (Phi) is 2.80. The summed E-state index contributed by atoms with van der Waals surface area (Å²) < 4.78 is 38.9. The molecule has 1 aromatic carbocycles. The topological polar surface area (TPSA) is 37.8 Å². The molecular formula is C12H11F3N2O. The molecule has 0 aliphatic rings. The summed E-state index contributed by atoms with van der Waals surface area (Å²) in [6.07, 6.45) is -4.56. The number of nitrogens with one attached hydrogen (secondary N) is 1. The molecule has 0 radical (unpaired) electrons. The molecule has 2 aromatic rings. The molecule has 1 N–H and O–H groups in total. The second kappa shape index (κ2) is 4.04. The number of halogens is 3. The number of hydrogen-bond donors (Lipinski definition) is 1. The minimum Gasteiger partial charge on any atom is -0.286 e. The number of aryl methyl sites for hydroxylation is 1. The molecule has 96 valence electrons. The third-order valence-corrected chi connectivity index (χ3v) is 2.76. The van der Waals surface area contributed by atoms with Gasteiger partial charge >= 0.3 is 6.18 Å². The monoisotopic (exact) mass is 256 g/mol. The SMILES string of the molecule is Cc1ccccc1-n1[nH]c(C(F)(F)F)c(C)c1=O. The number of hydrogen-bond acceptors (Lipinski definition) is 1. The van der Waals surface area contributed by atoms with E-state index in [0.29, 0.717) is 5.69 Å². The predicted molar refractivity (Wildman–Crippen MR) is 60.9 cm³/mol. The summed E-state index contributed by atoms with van der Waals surface area (Å²) in [6.45, 7) is 2.89. The zero-order valence-corrected chi connectivity index (χ0v) is 9.80. The molecule has 6 heteroatoms. The lowest BCUT2D eigenvalue weighted by molar-refractivity contribution is -0.141. The van der Waals surface area contributed by atoms with E-state index in [4.69, 9.17) is 0 Å². The summed E-state index contributed by atoms with van der Waals surface area (Å²) >= 11 is 0. The quantitative estimate of drug-likeness (QED) is 0.837. The number of nitrogens with zero attached hydrogens (tertiary/aromatic N) is 1. The maximum atomic E-state index is 12.7. The Balaban J connectivity index is 2.69. The molecule has 18 heavy (non-hydrogen) atoms. The Hall–Kier alpha value is -1.98. The highest BCUT2D eigenvalue weighted by Crippen LogP contribution is 2.29. The first-order valence-corrected chi connectivity index (χ1v) is 5.27. The molecule has 0 spiro atoms. The van der Waals surface area contributed by atoms with Gasteiger partial charge in [-0.05, 0) is 25.5 Å². The lowest BCUT2D eigenvalue weighted by Crippen LogP contribution is -2.16. The van der Waals surface area contributed by atoms with E-state index < -0.39 is 17.4 Å². The van der Waals surface area contributed by atoms with Crippen LogP contribution >= 0.6 is 0 Å². The van der Waals surface area contributed by atoms with Crippen molar-refractivity contribution in [3.63, 3.8) is 0 Å². The molecule has 1 heterocycles. The molecule has 0 unspecified atom stereocenters. The lowest BCUT2D eigenvalue weighted by Gasteiger charge is -2.06. The van der Waals surface area contributed by atoms with Gasteiger partial charge in [0.15, 0.2) is 0 Å². The van der Waals surface area contributed by atoms with Gasteiger partial charge in [0.25, 0.3) is 5.56 Å². The minimum atomic E-state index is -4.56. The van der Waals surface area contributed by atoms with Gasteiger partial charge in [-0.2, -0.15) is 13.2 Å². The van der Waals surface area contributed by atoms with Crippen LogP contribution in [0, 0.1) is 13.8 Å². The van der Waals surface area contributed by atoms with Crippen LogP contribution in [-0.2, 0) is 6.18 Å². The van der Waals surface area contributed by atoms with Gasteiger partial charge in [0.1, 0.15) is 5.69 Å². The summed E-state index contributed by atoms with van der Waals surface area (Å²) in [6, 6.07) is 6.74. The molecule has 0 saturated heterocycles. The molecule has 0 bridgehead atoms. The number of aromatic amines is 1. The van der Waals surface area contributed by atoms with Crippen molar-refractivity contribution < 1.29 is 13.2 Å². The van der Waals surface area contributed by atoms with E-state index in [1.165, 1.54) is 0 Å². The maximum Gasteiger partial charge on any atom is 0.433 e. The van der Waals surface area contributed by atoms with Crippen molar-refractivity contribution in [2.75, 3.05) is 0 Å². The van der Waals surface area contributed by atoms with E-state index in [9.17, 15) is 18.0 Å². The average molecular weight is 256 g/mol. The fourth-order valence-electron chi connectivity index (χ4n) is 1.78. The molecule has 0 aliphatic carbocycles. The highest BCUT2D eigenvalue weighted by Gasteiger charge is 2.36. The van der Waals surface area contributed by atoms with Gasteiger partial charge < -0.3 is 0 Å². The summed E-state index contributed by atoms with van der Waals surface area (Å²) in [5.74, 6) is 0. The Morgan fingerprint density at radius 3 is 2.28 bits per heavy atom. The van der Waals surface area contributed by atoms with Crippen molar-refractivity contribution in [3.8, 4) is 5.69 Å². The molecule has 2 rings (SSSR count). The summed E-state index contributed by atoms with van der Waals surface area (Å²) in [4.78, 5) is 11.8. The van der Waals surface area contributed by atoms with Crippen molar-refractivity contribution in [1.29, 1.82) is 0 Å². The van der Waals surface area contributed by atoms with Crippen LogP contribution in [0.1, 0.15) is 16.8 Å². The van der Waals surface area contributed by atoms with Gasteiger partial charge in [0.2, 0.25) is 0 Å². The maximum absolute atomic E-state index is 12.7. The van der Waals surface area contributed by atoms with Gasteiger partial charge in [-0.15, -0.1) is 0 Å². The molecule has 0 amide bonds. The van der Waals surface area contributed by atoms with E-state index in [0.717, 1.165) is 17.2 Å². The van der Waals surface area contributed by atoms with Crippen LogP contribution in [0.15, 0.2) is 29.1 Å². The van der Waals surface area contributed by atoms with Gasteiger partial charge in [-0.1, -0.05) is 18.2 Å². The third kappa shape index (κ3) is 1.94. The summed E-state index contributed by atoms with van der Waals surface area (Å²) in [5, 5.41) is 2.13. The molecule has 0 fully saturated rings. The van der Waals surface area contributed by atoms with Crippen molar-refractivity contribution in [3.05, 3.63) is 51.4 Å². The van der Waals surface area contributed by atoms with Crippen LogP contribution < -0.4 is 5.56 Å². The van der Waals surface area contributed by atoms with E-state index in [1.54, 1.807) is 31.2 Å². The predicted octanol–water partition coefficient (Wildman–Crippen LogP) is 2.80. The van der Waals surface area contributed by atoms with Crippen LogP contribution in [0.25, 0.3) is 5.69 Å². The van der Waals surface area contributed by atoms with Gasteiger partial charge in [-0.25, -0.2) is 4.68 Å². The van der Waals surface area contributed by atoms with Crippen LogP contribution in [0.2, 0.25) is 0 Å². The van der Waals surface area contributed by atoms with E-state index in [1.807, 2.05) is 0 Å². The molecule has 0 saturated carbocycles. The summed E-state index contributed by atoms with van der Waals surface area (Å²) in [7, 11) is 0. The number of para-hydroxylation sites is 1. The standard InChI is InChI=1S/C12H11F3N2O/c1-7-5-3-4-6-9(7)17-11(18)8(2)10(16-17)12(13,14)15/h3-6,16H,1-2H3. The van der Waals surface area contributed by atoms with Crippen LogP contribution in [0.4, 0.5) is 13.2 Å². The van der Waals surface area contributed by atoms with Crippen LogP contribution in [-0.4, -0.2) is 9.78 Å². The number of rotatable bonds is 1. The first kappa shape index (κ1) is 12.5. The largest absolute Gasteiger partial charge is 0.433 e. The Bertz CT molecular complexity index is 638. The second-order valence-corrected chi connectivity index (χ2v) is 4.04. The number of H-pyrrole nitrogens is 1. The van der Waals surface area contributed by atoms with E-state index >= 15 is 0 Å². The number of aromatic nitrogens is 2. The number of alkyl halides is 3. The minimum absolute atomic E-state index is 0.328. The molecule has 1 aromatic heterocycles. The highest BCUT2D eigenvalue weighted by molar-refractivity contribution is 5.40. The molecule has 0 atom stereocenters. The van der Waals surface area contributed by atoms with Crippen LogP contribution in [0.5, 0.6) is 0 Å². The Morgan fingerprint density at radius 2 is 1.78 bits per heavy atom. The van der Waals surface area contributed by atoms with Crippen molar-refractivity contribution >= 4 is 0 Å². The van der Waals surface area contributed by atoms with Crippen molar-refractivity contribution in [2.45, 2.75) is 20.0 Å². The fraction of sp³-hybridized carbons (Fsp3) is 0.250. The first-order valence-electron chi connectivity index (χ1n) is 5.27. The molecule has 0 aliphatic heterocycles. The average Bonchev–Trinajstić information content (AvgIpc) is 2.57. The van der Waals surface area contributed by atoms with Crippen LogP contribution in [0.3, 0.4) is 0 Å². The Labute approximate surface area is 101 Å². The smallest absolute Gasteiger partial charge is 0.286 e. The van der Waals surface area contributed by atoms with Gasteiger partial charge in [-0.3, -0.25) is 9.89 Å². The van der Waals surface area contributed by atoms with Crippen molar-refractivity contribution in [2.24, 2.45) is 0 Å². The van der Waals surface area contributed by atoms with E-state index in [2.05, 4.69) is 5.10 Å². The Morgan fingerprint density at radius 1 is 1.17 bits per heavy atom. The van der Waals surface area contributed by atoms with Gasteiger partial charge in [0.05, 0.1) is 5.69 Å². The second-order valence-electron chi connectivity index (χ2n) is 4.04. The van der Waals surface area contributed by atoms with Gasteiger partial charge in [0, 0.05) is 5.56 Å². The highest BCUT2D eigenvalue weighted by atomic mass is 19.4. The summed E-state index contributed by atoms with van der Waals surface area (Å²) in [5.41, 5.74) is -0.881. The first-order chi connectivity index (χ1) is 8.32. The lowest BCUT2D eigenvalue weighted by atomic mass is 10.2. The number of benzene rings is 1. The zero-order chi connectivity index (χ0) is 13.5. The third-order valence-electron chi connectivity index (χ3n) is 2.76. The van der Waals surface area contributed by atoms with Crippen molar-refractivity contribution in [1.82, 2.24) is 9.78 Å². The normalized spacial score (nSPS) is 11.8. The fourth-order valence-corrected chi connectivity index (χ4v) is 1.78.